The standard InChI is InChI=1S/C13H24N2O2/c1-2-6-12(14)13(16)15-9-10-17-11-7-4-3-5-8-11/h2,11-12H,1,3-10,14H2,(H,15,16). The topological polar surface area (TPSA) is 64.4 Å². The Kier molecular flexibility index (Phi) is 6.89. The van der Waals surface area contributed by atoms with Crippen molar-refractivity contribution < 1.29 is 9.53 Å². The molecule has 1 unspecified atom stereocenters. The van der Waals surface area contributed by atoms with Gasteiger partial charge in [-0.2, -0.15) is 0 Å². The van der Waals surface area contributed by atoms with Crippen molar-refractivity contribution in [2.45, 2.75) is 50.7 Å². The molecule has 0 aliphatic heterocycles. The van der Waals surface area contributed by atoms with Crippen molar-refractivity contribution in [3.63, 3.8) is 0 Å². The van der Waals surface area contributed by atoms with Gasteiger partial charge in [0.1, 0.15) is 0 Å². The Morgan fingerprint density at radius 2 is 2.18 bits per heavy atom. The lowest BCUT2D eigenvalue weighted by atomic mass is 9.98. The van der Waals surface area contributed by atoms with Gasteiger partial charge in [-0.05, 0) is 19.3 Å². The maximum absolute atomic E-state index is 11.4. The average Bonchev–Trinajstić information content (AvgIpc) is 2.36. The summed E-state index contributed by atoms with van der Waals surface area (Å²) in [7, 11) is 0. The first kappa shape index (κ1) is 14.2. The molecule has 0 aromatic carbocycles. The molecule has 0 aromatic heterocycles. The summed E-state index contributed by atoms with van der Waals surface area (Å²) in [5.74, 6) is -0.128. The highest BCUT2D eigenvalue weighted by Gasteiger charge is 2.14. The van der Waals surface area contributed by atoms with Crippen molar-refractivity contribution in [3.8, 4) is 0 Å². The molecule has 1 amide bonds. The van der Waals surface area contributed by atoms with Gasteiger partial charge in [-0.25, -0.2) is 0 Å². The van der Waals surface area contributed by atoms with E-state index in [0.29, 0.717) is 25.7 Å². The highest BCUT2D eigenvalue weighted by atomic mass is 16.5. The second-order valence-corrected chi connectivity index (χ2v) is 4.55. The van der Waals surface area contributed by atoms with Crippen molar-refractivity contribution in [2.24, 2.45) is 5.73 Å². The van der Waals surface area contributed by atoms with Crippen molar-refractivity contribution in [2.75, 3.05) is 13.2 Å². The molecule has 0 aromatic rings. The molecule has 1 aliphatic rings. The van der Waals surface area contributed by atoms with E-state index in [0.717, 1.165) is 12.8 Å². The molecule has 3 N–H and O–H groups in total. The molecule has 1 atom stereocenters. The van der Waals surface area contributed by atoms with Crippen LogP contribution in [0.3, 0.4) is 0 Å². The molecule has 0 heterocycles. The molecule has 4 nitrogen and oxygen atoms in total. The second-order valence-electron chi connectivity index (χ2n) is 4.55. The number of ether oxygens (including phenoxy) is 1. The van der Waals surface area contributed by atoms with Gasteiger partial charge in [0.2, 0.25) is 5.91 Å². The summed E-state index contributed by atoms with van der Waals surface area (Å²) in [6.45, 7) is 4.68. The minimum absolute atomic E-state index is 0.128. The third kappa shape index (κ3) is 5.84. The lowest BCUT2D eigenvalue weighted by Gasteiger charge is -2.22. The number of carbonyl (C=O) groups excluding carboxylic acids is 1. The van der Waals surface area contributed by atoms with E-state index in [1.165, 1.54) is 19.3 Å². The molecule has 4 heteroatoms. The zero-order valence-corrected chi connectivity index (χ0v) is 10.5. The minimum atomic E-state index is -0.484. The Hall–Kier alpha value is -0.870. The van der Waals surface area contributed by atoms with Crippen molar-refractivity contribution in [1.29, 1.82) is 0 Å². The first-order valence-corrected chi connectivity index (χ1v) is 6.50. The normalized spacial score (nSPS) is 18.6. The lowest BCUT2D eigenvalue weighted by Crippen LogP contribution is -2.41. The third-order valence-corrected chi connectivity index (χ3v) is 3.06. The molecule has 1 fully saturated rings. The predicted octanol–water partition coefficient (Wildman–Crippen LogP) is 1.36. The number of carbonyl (C=O) groups is 1. The van der Waals surface area contributed by atoms with Gasteiger partial charge in [-0.1, -0.05) is 25.3 Å². The molecule has 0 radical (unpaired) electrons. The van der Waals surface area contributed by atoms with Crippen LogP contribution < -0.4 is 11.1 Å². The van der Waals surface area contributed by atoms with E-state index in [1.807, 2.05) is 0 Å². The third-order valence-electron chi connectivity index (χ3n) is 3.06. The van der Waals surface area contributed by atoms with Crippen LogP contribution in [0.2, 0.25) is 0 Å². The molecule has 1 aliphatic carbocycles. The first-order valence-electron chi connectivity index (χ1n) is 6.50. The van der Waals surface area contributed by atoms with Crippen LogP contribution >= 0.6 is 0 Å². The number of hydrogen-bond acceptors (Lipinski definition) is 3. The Bertz CT molecular complexity index is 238. The Morgan fingerprint density at radius 1 is 1.47 bits per heavy atom. The van der Waals surface area contributed by atoms with Gasteiger partial charge < -0.3 is 15.8 Å². The molecule has 0 bridgehead atoms. The summed E-state index contributed by atoms with van der Waals surface area (Å²) in [6.07, 6.45) is 8.73. The SMILES string of the molecule is C=CCC(N)C(=O)NCCOC1CCCCC1. The van der Waals surface area contributed by atoms with Crippen molar-refractivity contribution in [1.82, 2.24) is 5.32 Å². The monoisotopic (exact) mass is 240 g/mol. The summed E-state index contributed by atoms with van der Waals surface area (Å²) in [4.78, 5) is 11.4. The minimum Gasteiger partial charge on any atom is -0.376 e. The molecular weight excluding hydrogens is 216 g/mol. The van der Waals surface area contributed by atoms with Crippen LogP contribution in [0.4, 0.5) is 0 Å². The van der Waals surface area contributed by atoms with Crippen LogP contribution in [0.15, 0.2) is 12.7 Å². The van der Waals surface area contributed by atoms with E-state index >= 15 is 0 Å². The van der Waals surface area contributed by atoms with Gasteiger partial charge >= 0.3 is 0 Å². The maximum Gasteiger partial charge on any atom is 0.237 e. The molecule has 98 valence electrons. The van der Waals surface area contributed by atoms with Crippen LogP contribution in [-0.2, 0) is 9.53 Å². The molecule has 0 spiro atoms. The molecule has 1 saturated carbocycles. The van der Waals surface area contributed by atoms with Gasteiger partial charge in [0, 0.05) is 6.54 Å². The summed E-state index contributed by atoms with van der Waals surface area (Å²) >= 11 is 0. The summed E-state index contributed by atoms with van der Waals surface area (Å²) in [5.41, 5.74) is 5.63. The van der Waals surface area contributed by atoms with E-state index in [-0.39, 0.29) is 5.91 Å². The van der Waals surface area contributed by atoms with Crippen molar-refractivity contribution in [3.05, 3.63) is 12.7 Å². The summed E-state index contributed by atoms with van der Waals surface area (Å²) in [6, 6.07) is -0.484. The van der Waals surface area contributed by atoms with E-state index in [1.54, 1.807) is 6.08 Å². The largest absolute Gasteiger partial charge is 0.376 e. The van der Waals surface area contributed by atoms with Gasteiger partial charge in [0.25, 0.3) is 0 Å². The smallest absolute Gasteiger partial charge is 0.237 e. The van der Waals surface area contributed by atoms with Crippen LogP contribution in [0.1, 0.15) is 38.5 Å². The quantitative estimate of drug-likeness (QED) is 0.521. The van der Waals surface area contributed by atoms with Crippen LogP contribution in [0.25, 0.3) is 0 Å². The Morgan fingerprint density at radius 3 is 2.82 bits per heavy atom. The summed E-state index contributed by atoms with van der Waals surface area (Å²) < 4.78 is 5.70. The number of nitrogens with one attached hydrogen (secondary N) is 1. The van der Waals surface area contributed by atoms with Crippen LogP contribution in [0, 0.1) is 0 Å². The van der Waals surface area contributed by atoms with Gasteiger partial charge in [0.05, 0.1) is 18.8 Å². The van der Waals surface area contributed by atoms with E-state index in [2.05, 4.69) is 11.9 Å². The fourth-order valence-corrected chi connectivity index (χ4v) is 2.05. The Balaban J connectivity index is 2.02. The summed E-state index contributed by atoms with van der Waals surface area (Å²) in [5, 5.41) is 2.77. The lowest BCUT2D eigenvalue weighted by molar-refractivity contribution is -0.122. The number of nitrogens with two attached hydrogens (primary N) is 1. The second kappa shape index (κ2) is 8.25. The Labute approximate surface area is 104 Å². The molecule has 1 rings (SSSR count). The number of rotatable bonds is 7. The van der Waals surface area contributed by atoms with Crippen LogP contribution in [-0.4, -0.2) is 31.2 Å². The fourth-order valence-electron chi connectivity index (χ4n) is 2.05. The van der Waals surface area contributed by atoms with E-state index in [9.17, 15) is 4.79 Å². The zero-order chi connectivity index (χ0) is 12.5. The van der Waals surface area contributed by atoms with Crippen LogP contribution in [0.5, 0.6) is 0 Å². The first-order chi connectivity index (χ1) is 8.24. The maximum atomic E-state index is 11.4. The fraction of sp³-hybridized carbons (Fsp3) is 0.769. The van der Waals surface area contributed by atoms with Gasteiger partial charge in [-0.3, -0.25) is 4.79 Å². The van der Waals surface area contributed by atoms with Crippen molar-refractivity contribution >= 4 is 5.91 Å². The van der Waals surface area contributed by atoms with Gasteiger partial charge in [-0.15, -0.1) is 6.58 Å². The number of amides is 1. The van der Waals surface area contributed by atoms with E-state index < -0.39 is 6.04 Å². The molecule has 17 heavy (non-hydrogen) atoms. The van der Waals surface area contributed by atoms with E-state index in [4.69, 9.17) is 10.5 Å². The zero-order valence-electron chi connectivity index (χ0n) is 10.5. The molecule has 0 saturated heterocycles. The highest BCUT2D eigenvalue weighted by molar-refractivity contribution is 5.81. The van der Waals surface area contributed by atoms with Gasteiger partial charge in [0.15, 0.2) is 0 Å². The average molecular weight is 240 g/mol. The predicted molar refractivity (Wildman–Crippen MR) is 68.6 cm³/mol. The number of hydrogen-bond donors (Lipinski definition) is 2. The molecular formula is C13H24N2O2. The highest BCUT2D eigenvalue weighted by Crippen LogP contribution is 2.19.